The second kappa shape index (κ2) is 9.28. The van der Waals surface area contributed by atoms with Crippen LogP contribution in [0.25, 0.3) is 0 Å². The van der Waals surface area contributed by atoms with Crippen molar-refractivity contribution in [2.24, 2.45) is 0 Å². The fourth-order valence-corrected chi connectivity index (χ4v) is 7.20. The quantitative estimate of drug-likeness (QED) is 0.264. The second-order valence-electron chi connectivity index (χ2n) is 7.72. The predicted octanol–water partition coefficient (Wildman–Crippen LogP) is 5.35. The van der Waals surface area contributed by atoms with Crippen LogP contribution in [0.4, 0.5) is 0 Å². The van der Waals surface area contributed by atoms with Gasteiger partial charge in [-0.3, -0.25) is 0 Å². The van der Waals surface area contributed by atoms with Crippen LogP contribution in [0.3, 0.4) is 0 Å². The molecule has 1 aromatic carbocycles. The molecule has 1 saturated carbocycles. The van der Waals surface area contributed by atoms with Gasteiger partial charge in [-0.1, -0.05) is 29.8 Å². The number of aliphatic hydroxyl groups is 1. The van der Waals surface area contributed by atoms with Crippen molar-refractivity contribution in [3.05, 3.63) is 45.9 Å². The first-order valence-electron chi connectivity index (χ1n) is 9.76. The molecule has 0 aliphatic heterocycles. The highest BCUT2D eigenvalue weighted by Gasteiger charge is 2.58. The first-order chi connectivity index (χ1) is 14.0. The Morgan fingerprint density at radius 2 is 2.03 bits per heavy atom. The number of halogens is 2. The first kappa shape index (κ1) is 24.3. The predicted molar refractivity (Wildman–Crippen MR) is 127 cm³/mol. The van der Waals surface area contributed by atoms with Gasteiger partial charge in [-0.05, 0) is 69.3 Å². The minimum atomic E-state index is -2.88. The van der Waals surface area contributed by atoms with Crippen molar-refractivity contribution in [2.45, 2.75) is 63.2 Å². The average Bonchev–Trinajstić information content (AvgIpc) is 3.31. The smallest absolute Gasteiger partial charge is 0.297 e. The van der Waals surface area contributed by atoms with Gasteiger partial charge in [0.2, 0.25) is 4.77 Å². The number of nitrogens with zero attached hydrogens (tertiary/aromatic N) is 3. The molecular weight excluding hydrogens is 484 g/mol. The summed E-state index contributed by atoms with van der Waals surface area (Å²) < 4.78 is 15.2. The van der Waals surface area contributed by atoms with Crippen molar-refractivity contribution < 1.29 is 14.2 Å². The van der Waals surface area contributed by atoms with Crippen molar-refractivity contribution >= 4 is 53.9 Å². The molecule has 2 atom stereocenters. The average molecular weight is 510 g/mol. The SMILES string of the molecule is CCOP(=S)(OC(C)C)n1cnn(CC(O)(Cc2ccccc2Cl)C2(Cl)CC2)c1=S. The molecule has 3 rings (SSSR count). The van der Waals surface area contributed by atoms with Crippen LogP contribution >= 0.6 is 42.1 Å². The molecule has 30 heavy (non-hydrogen) atoms. The first-order valence-corrected chi connectivity index (χ1v) is 13.5. The third-order valence-corrected chi connectivity index (χ3v) is 9.83. The number of alkyl halides is 1. The molecule has 0 bridgehead atoms. The topological polar surface area (TPSA) is 61.4 Å². The lowest BCUT2D eigenvalue weighted by Crippen LogP contribution is -2.47. The molecule has 0 saturated heterocycles. The maximum absolute atomic E-state index is 11.6. The fraction of sp³-hybridized carbons (Fsp3) is 0.579. The molecule has 1 heterocycles. The molecule has 1 aliphatic rings. The zero-order valence-corrected chi connectivity index (χ0v) is 21.2. The lowest BCUT2D eigenvalue weighted by Gasteiger charge is -2.33. The van der Waals surface area contributed by atoms with Gasteiger partial charge in [0, 0.05) is 11.4 Å². The summed E-state index contributed by atoms with van der Waals surface area (Å²) in [7, 11) is 0. The zero-order valence-electron chi connectivity index (χ0n) is 17.1. The summed E-state index contributed by atoms with van der Waals surface area (Å²) in [6.07, 6.45) is 3.08. The van der Waals surface area contributed by atoms with Crippen molar-refractivity contribution in [3.8, 4) is 0 Å². The van der Waals surface area contributed by atoms with Crippen LogP contribution in [0.5, 0.6) is 0 Å². The van der Waals surface area contributed by atoms with Crippen LogP contribution in [0.2, 0.25) is 5.02 Å². The standard InChI is InChI=1S/C19H26Cl2N3O3PS2/c1-4-26-28(30,27-14(2)3)24-13-22-23(17(24)29)12-19(25,18(21)9-10-18)11-15-7-5-6-8-16(15)20/h5-8,13-14,25H,4,9-12H2,1-3H3. The van der Waals surface area contributed by atoms with E-state index >= 15 is 0 Å². The second-order valence-corrected chi connectivity index (χ2v) is 12.4. The summed E-state index contributed by atoms with van der Waals surface area (Å²) in [5.41, 5.74) is -0.466. The Morgan fingerprint density at radius 3 is 2.60 bits per heavy atom. The van der Waals surface area contributed by atoms with Crippen molar-refractivity contribution in [3.63, 3.8) is 0 Å². The van der Waals surface area contributed by atoms with E-state index in [-0.39, 0.29) is 19.1 Å². The monoisotopic (exact) mass is 509 g/mol. The molecule has 0 radical (unpaired) electrons. The third kappa shape index (κ3) is 5.02. The van der Waals surface area contributed by atoms with Crippen LogP contribution in [-0.2, 0) is 33.8 Å². The highest BCUT2D eigenvalue weighted by Crippen LogP contribution is 2.54. The molecule has 2 unspecified atom stereocenters. The van der Waals surface area contributed by atoms with Gasteiger partial charge in [0.15, 0.2) is 0 Å². The van der Waals surface area contributed by atoms with E-state index < -0.39 is 17.1 Å². The lowest BCUT2D eigenvalue weighted by atomic mass is 9.89. The highest BCUT2D eigenvalue weighted by atomic mass is 35.5. The molecule has 11 heteroatoms. The number of hydrogen-bond acceptors (Lipinski definition) is 6. The largest absolute Gasteiger partial charge is 0.386 e. The molecule has 6 nitrogen and oxygen atoms in total. The number of rotatable bonds is 10. The van der Waals surface area contributed by atoms with Crippen LogP contribution in [0.15, 0.2) is 30.6 Å². The van der Waals surface area contributed by atoms with Gasteiger partial charge in [-0.2, -0.15) is 5.10 Å². The van der Waals surface area contributed by atoms with Crippen LogP contribution in [0.1, 0.15) is 39.2 Å². The van der Waals surface area contributed by atoms with E-state index in [0.717, 1.165) is 5.56 Å². The highest BCUT2D eigenvalue weighted by molar-refractivity contribution is 8.09. The van der Waals surface area contributed by atoms with E-state index in [2.05, 4.69) is 5.10 Å². The Labute approximate surface area is 197 Å². The normalized spacial score (nSPS) is 19.4. The summed E-state index contributed by atoms with van der Waals surface area (Å²) in [5, 5.41) is 16.6. The molecule has 1 fully saturated rings. The molecular formula is C19H26Cl2N3O3PS2. The van der Waals surface area contributed by atoms with Gasteiger partial charge in [-0.25, -0.2) is 9.02 Å². The number of benzene rings is 1. The molecule has 0 spiro atoms. The number of aromatic nitrogens is 3. The van der Waals surface area contributed by atoms with E-state index in [1.807, 2.05) is 39.0 Å². The van der Waals surface area contributed by atoms with Gasteiger partial charge in [0.1, 0.15) is 11.9 Å². The Balaban J connectivity index is 1.94. The maximum atomic E-state index is 11.6. The van der Waals surface area contributed by atoms with E-state index in [9.17, 15) is 5.11 Å². The molecule has 2 aromatic rings. The van der Waals surface area contributed by atoms with Crippen molar-refractivity contribution in [1.82, 2.24) is 14.1 Å². The summed E-state index contributed by atoms with van der Waals surface area (Å²) in [4.78, 5) is -0.751. The molecule has 1 N–H and O–H groups in total. The summed E-state index contributed by atoms with van der Waals surface area (Å²) >= 11 is 24.4. The Bertz CT molecular complexity index is 1010. The third-order valence-electron chi connectivity index (χ3n) is 4.99. The summed E-state index contributed by atoms with van der Waals surface area (Å²) in [6.45, 7) is 3.24. The van der Waals surface area contributed by atoms with Crippen molar-refractivity contribution in [1.29, 1.82) is 0 Å². The van der Waals surface area contributed by atoms with Gasteiger partial charge in [0.25, 0.3) is 6.64 Å². The minimum Gasteiger partial charge on any atom is -0.386 e. The van der Waals surface area contributed by atoms with Crippen molar-refractivity contribution in [2.75, 3.05) is 6.61 Å². The molecule has 166 valence electrons. The summed E-state index contributed by atoms with van der Waals surface area (Å²) in [5.74, 6) is 0. The molecule has 1 aliphatic carbocycles. The van der Waals surface area contributed by atoms with Gasteiger partial charge in [0.05, 0.1) is 24.1 Å². The fourth-order valence-electron chi connectivity index (χ4n) is 3.31. The maximum Gasteiger partial charge on any atom is 0.297 e. The Kier molecular flexibility index (Phi) is 7.53. The minimum absolute atomic E-state index is 0.108. The van der Waals surface area contributed by atoms with Crippen LogP contribution in [-0.4, -0.2) is 42.4 Å². The van der Waals surface area contributed by atoms with Gasteiger partial charge >= 0.3 is 0 Å². The van der Waals surface area contributed by atoms with Crippen LogP contribution < -0.4 is 0 Å². The Morgan fingerprint density at radius 1 is 1.37 bits per heavy atom. The zero-order chi connectivity index (χ0) is 22.2. The Hall–Kier alpha value is -0.310. The van der Waals surface area contributed by atoms with E-state index in [1.54, 1.807) is 15.1 Å². The number of hydrogen-bond donors (Lipinski definition) is 1. The van der Waals surface area contributed by atoms with E-state index in [1.165, 1.54) is 6.33 Å². The summed E-state index contributed by atoms with van der Waals surface area (Å²) in [6, 6.07) is 7.43. The molecule has 1 aromatic heterocycles. The van der Waals surface area contributed by atoms with Gasteiger partial charge in [-0.15, -0.1) is 11.6 Å². The van der Waals surface area contributed by atoms with E-state index in [0.29, 0.717) is 29.2 Å². The van der Waals surface area contributed by atoms with Gasteiger partial charge < -0.3 is 14.2 Å². The van der Waals surface area contributed by atoms with E-state index in [4.69, 9.17) is 56.3 Å². The molecule has 0 amide bonds. The van der Waals surface area contributed by atoms with Crippen LogP contribution in [0, 0.1) is 4.77 Å². The lowest BCUT2D eigenvalue weighted by molar-refractivity contribution is 0.00721.